The maximum absolute atomic E-state index is 14.0. The summed E-state index contributed by atoms with van der Waals surface area (Å²) in [5.74, 6) is 1.25. The first-order valence-corrected chi connectivity index (χ1v) is 17.1. The minimum absolute atomic E-state index is 0.0548. The summed E-state index contributed by atoms with van der Waals surface area (Å²) in [6.45, 7) is 14.9. The predicted octanol–water partition coefficient (Wildman–Crippen LogP) is 4.87. The lowest BCUT2D eigenvalue weighted by Crippen LogP contribution is -2.62. The Bertz CT molecular complexity index is 1370. The number of hydrogen-bond donors (Lipinski definition) is 3. The van der Waals surface area contributed by atoms with Crippen LogP contribution < -0.4 is 10.6 Å². The minimum Gasteiger partial charge on any atom is -0.393 e. The molecule has 0 aromatic heterocycles. The van der Waals surface area contributed by atoms with E-state index in [4.69, 9.17) is 4.84 Å². The molecule has 2 heterocycles. The molecule has 2 aromatic carbocycles. The standard InChI is InChI=1S/C37H52N4O4/c1-23-31-20-30(37(31,4)5)21-32(23)39-36(44)34-33(24(2)42)25(3)45-41(34)22-26-10-8-11-27(18-26)28-12-9-13-29(19-28)35(43)38-14-17-40-15-6-7-16-40/h8-13,18-19,23-25,30-34,42H,6-7,14-17,20-22H2,1-5H3,(H,38,43)(H,39,44)/t23-,24-,25-,30+,31-,32-,33+,34-/m0/s1. The van der Waals surface area contributed by atoms with E-state index in [9.17, 15) is 14.7 Å². The number of carbonyl (C=O) groups excluding carboxylic acids is 2. The van der Waals surface area contributed by atoms with E-state index >= 15 is 0 Å². The minimum atomic E-state index is -0.688. The second-order valence-corrected chi connectivity index (χ2v) is 14.8. The largest absolute Gasteiger partial charge is 0.393 e. The Kier molecular flexibility index (Phi) is 9.40. The lowest BCUT2D eigenvalue weighted by atomic mass is 9.45. The lowest BCUT2D eigenvalue weighted by molar-refractivity contribution is -0.174. The van der Waals surface area contributed by atoms with Crippen molar-refractivity contribution in [3.05, 3.63) is 59.7 Å². The van der Waals surface area contributed by atoms with E-state index in [1.165, 1.54) is 19.3 Å². The van der Waals surface area contributed by atoms with E-state index in [2.05, 4.69) is 42.4 Å². The van der Waals surface area contributed by atoms with Gasteiger partial charge in [0.2, 0.25) is 5.91 Å². The van der Waals surface area contributed by atoms with Gasteiger partial charge < -0.3 is 20.6 Å². The Morgan fingerprint density at radius 3 is 2.44 bits per heavy atom. The second kappa shape index (κ2) is 13.1. The van der Waals surface area contributed by atoms with Crippen LogP contribution in [0.3, 0.4) is 0 Å². The molecule has 7 rings (SSSR count). The normalized spacial score (nSPS) is 31.7. The van der Waals surface area contributed by atoms with Crippen molar-refractivity contribution in [2.75, 3.05) is 26.2 Å². The van der Waals surface area contributed by atoms with Gasteiger partial charge in [-0.25, -0.2) is 0 Å². The molecule has 0 spiro atoms. The summed E-state index contributed by atoms with van der Waals surface area (Å²) >= 11 is 0. The van der Waals surface area contributed by atoms with Crippen LogP contribution in [0.15, 0.2) is 48.5 Å². The second-order valence-electron chi connectivity index (χ2n) is 14.8. The third kappa shape index (κ3) is 6.57. The molecule has 2 aliphatic heterocycles. The molecule has 2 bridgehead atoms. The maximum Gasteiger partial charge on any atom is 0.251 e. The molecule has 5 fully saturated rings. The zero-order valence-electron chi connectivity index (χ0n) is 27.7. The van der Waals surface area contributed by atoms with Gasteiger partial charge in [0.1, 0.15) is 6.04 Å². The third-order valence-corrected chi connectivity index (χ3v) is 11.7. The molecule has 3 saturated carbocycles. The highest BCUT2D eigenvalue weighted by molar-refractivity contribution is 5.95. The van der Waals surface area contributed by atoms with Crippen molar-refractivity contribution in [1.29, 1.82) is 0 Å². The van der Waals surface area contributed by atoms with Crippen LogP contribution in [0.25, 0.3) is 11.1 Å². The highest BCUT2D eigenvalue weighted by Crippen LogP contribution is 2.61. The Morgan fingerprint density at radius 1 is 1.04 bits per heavy atom. The number of likely N-dealkylation sites (tertiary alicyclic amines) is 1. The number of aliphatic hydroxyl groups is 1. The quantitative estimate of drug-likeness (QED) is 0.353. The Balaban J connectivity index is 1.13. The van der Waals surface area contributed by atoms with Crippen LogP contribution in [0.4, 0.5) is 0 Å². The van der Waals surface area contributed by atoms with Crippen LogP contribution in [0.1, 0.15) is 76.2 Å². The molecule has 2 amide bonds. The van der Waals surface area contributed by atoms with Gasteiger partial charge in [-0.15, -0.1) is 0 Å². The number of hydroxylamine groups is 2. The maximum atomic E-state index is 14.0. The van der Waals surface area contributed by atoms with E-state index in [-0.39, 0.29) is 29.9 Å². The Hall–Kier alpha value is -2.78. The highest BCUT2D eigenvalue weighted by atomic mass is 16.7. The van der Waals surface area contributed by atoms with Crippen LogP contribution >= 0.6 is 0 Å². The van der Waals surface area contributed by atoms with E-state index in [0.717, 1.165) is 42.7 Å². The molecule has 8 nitrogen and oxygen atoms in total. The Morgan fingerprint density at radius 2 is 1.76 bits per heavy atom. The number of carbonyl (C=O) groups is 2. The van der Waals surface area contributed by atoms with Crippen molar-refractivity contribution in [2.24, 2.45) is 29.1 Å². The summed E-state index contributed by atoms with van der Waals surface area (Å²) in [5.41, 5.74) is 3.95. The van der Waals surface area contributed by atoms with Crippen molar-refractivity contribution in [2.45, 2.75) is 91.1 Å². The van der Waals surface area contributed by atoms with Crippen LogP contribution in [-0.2, 0) is 16.2 Å². The topological polar surface area (TPSA) is 94.1 Å². The van der Waals surface area contributed by atoms with E-state index < -0.39 is 12.1 Å². The van der Waals surface area contributed by atoms with Crippen LogP contribution in [0.5, 0.6) is 0 Å². The lowest BCUT2D eigenvalue weighted by Gasteiger charge is -2.62. The summed E-state index contributed by atoms with van der Waals surface area (Å²) in [5, 5.41) is 19.0. The highest BCUT2D eigenvalue weighted by Gasteiger charge is 2.57. The number of nitrogens with zero attached hydrogens (tertiary/aromatic N) is 2. The molecule has 45 heavy (non-hydrogen) atoms. The van der Waals surface area contributed by atoms with E-state index in [0.29, 0.717) is 41.8 Å². The molecule has 5 aliphatic rings. The summed E-state index contributed by atoms with van der Waals surface area (Å²) in [6, 6.07) is 15.5. The van der Waals surface area contributed by atoms with E-state index in [1.54, 1.807) is 12.0 Å². The van der Waals surface area contributed by atoms with Gasteiger partial charge in [-0.2, -0.15) is 5.06 Å². The third-order valence-electron chi connectivity index (χ3n) is 11.7. The molecule has 0 radical (unpaired) electrons. The van der Waals surface area contributed by atoms with Gasteiger partial charge in [-0.05, 0) is 111 Å². The van der Waals surface area contributed by atoms with Gasteiger partial charge in [0.25, 0.3) is 5.91 Å². The molecule has 8 heteroatoms. The fourth-order valence-electron chi connectivity index (χ4n) is 8.81. The summed E-state index contributed by atoms with van der Waals surface area (Å²) in [6.07, 6.45) is 3.78. The van der Waals surface area contributed by atoms with Crippen LogP contribution in [-0.4, -0.2) is 77.4 Å². The zero-order chi connectivity index (χ0) is 31.9. The first-order valence-electron chi connectivity index (χ1n) is 17.1. The smallest absolute Gasteiger partial charge is 0.251 e. The van der Waals surface area contributed by atoms with Crippen molar-refractivity contribution in [3.63, 3.8) is 0 Å². The van der Waals surface area contributed by atoms with Crippen molar-refractivity contribution >= 4 is 11.8 Å². The number of fused-ring (bicyclic) bond motifs is 2. The van der Waals surface area contributed by atoms with E-state index in [1.807, 2.05) is 49.4 Å². The predicted molar refractivity (Wildman–Crippen MR) is 176 cm³/mol. The number of benzene rings is 2. The summed E-state index contributed by atoms with van der Waals surface area (Å²) in [4.78, 5) is 35.5. The van der Waals surface area contributed by atoms with Gasteiger partial charge in [-0.1, -0.05) is 51.1 Å². The summed E-state index contributed by atoms with van der Waals surface area (Å²) < 4.78 is 0. The molecular formula is C37H52N4O4. The van der Waals surface area contributed by atoms with Gasteiger partial charge >= 0.3 is 0 Å². The SMILES string of the molecule is C[C@@H]1[C@@H](NC(=O)[C@@H]2[C@H]([C@H](C)O)[C@H](C)ON2Cc2cccc(-c3cccc(C(=O)NCCN4CCCC4)c3)c2)C[C@H]2C[C@@H]1C2(C)C. The fraction of sp³-hybridized carbons (Fsp3) is 0.622. The zero-order valence-corrected chi connectivity index (χ0v) is 27.7. The molecule has 244 valence electrons. The molecule has 8 atom stereocenters. The molecular weight excluding hydrogens is 564 g/mol. The molecule has 3 aliphatic carbocycles. The summed E-state index contributed by atoms with van der Waals surface area (Å²) in [7, 11) is 0. The monoisotopic (exact) mass is 616 g/mol. The molecule has 2 saturated heterocycles. The van der Waals surface area contributed by atoms with Crippen molar-refractivity contribution < 1.29 is 19.5 Å². The van der Waals surface area contributed by atoms with Gasteiger partial charge in [0.05, 0.1) is 18.8 Å². The first-order chi connectivity index (χ1) is 21.5. The number of nitrogens with one attached hydrogen (secondary N) is 2. The van der Waals surface area contributed by atoms with Gasteiger partial charge in [0.15, 0.2) is 0 Å². The molecule has 2 aromatic rings. The number of hydrogen-bond acceptors (Lipinski definition) is 6. The van der Waals surface area contributed by atoms with Gasteiger partial charge in [-0.3, -0.25) is 14.4 Å². The van der Waals surface area contributed by atoms with Crippen molar-refractivity contribution in [3.8, 4) is 11.1 Å². The average Bonchev–Trinajstić information content (AvgIpc) is 3.65. The molecule has 3 N–H and O–H groups in total. The first kappa shape index (κ1) is 32.2. The number of rotatable bonds is 10. The average molecular weight is 617 g/mol. The van der Waals surface area contributed by atoms with Crippen molar-refractivity contribution in [1.82, 2.24) is 20.6 Å². The fourth-order valence-corrected chi connectivity index (χ4v) is 8.81. The number of aliphatic hydroxyl groups excluding tert-OH is 1. The van der Waals surface area contributed by atoms with Crippen LogP contribution in [0, 0.1) is 29.1 Å². The van der Waals surface area contributed by atoms with Gasteiger partial charge in [0, 0.05) is 30.6 Å². The Labute approximate surface area is 268 Å². The molecule has 0 unspecified atom stereocenters. The number of amides is 2. The van der Waals surface area contributed by atoms with Crippen LogP contribution in [0.2, 0.25) is 0 Å².